The molecular formula is C18H21NO3. The van der Waals surface area contributed by atoms with Crippen molar-refractivity contribution >= 4 is 5.91 Å². The molecule has 1 unspecified atom stereocenters. The van der Waals surface area contributed by atoms with Gasteiger partial charge < -0.3 is 14.8 Å². The molecule has 1 N–H and O–H groups in total. The van der Waals surface area contributed by atoms with Gasteiger partial charge in [0.05, 0.1) is 7.11 Å². The number of rotatable bonds is 7. The second-order valence-electron chi connectivity index (χ2n) is 4.94. The molecule has 0 aliphatic heterocycles. The fourth-order valence-corrected chi connectivity index (χ4v) is 2.08. The summed E-state index contributed by atoms with van der Waals surface area (Å²) in [6.07, 6.45) is 0.223. The Labute approximate surface area is 131 Å². The fourth-order valence-electron chi connectivity index (χ4n) is 2.08. The van der Waals surface area contributed by atoms with E-state index < -0.39 is 6.10 Å². The number of hydrogen-bond donors (Lipinski definition) is 1. The van der Waals surface area contributed by atoms with Crippen LogP contribution in [0.2, 0.25) is 0 Å². The van der Waals surface area contributed by atoms with Gasteiger partial charge in [0.2, 0.25) is 0 Å². The first kappa shape index (κ1) is 15.9. The Hall–Kier alpha value is -2.49. The Morgan fingerprint density at radius 2 is 1.68 bits per heavy atom. The first-order valence-corrected chi connectivity index (χ1v) is 7.32. The normalized spacial score (nSPS) is 11.5. The van der Waals surface area contributed by atoms with Crippen molar-refractivity contribution in [3.05, 3.63) is 60.2 Å². The lowest BCUT2D eigenvalue weighted by Crippen LogP contribution is -2.37. The Kier molecular flexibility index (Phi) is 5.83. The van der Waals surface area contributed by atoms with Gasteiger partial charge in [-0.2, -0.15) is 0 Å². The average molecular weight is 299 g/mol. The Morgan fingerprint density at radius 1 is 1.05 bits per heavy atom. The third-order valence-corrected chi connectivity index (χ3v) is 3.30. The lowest BCUT2D eigenvalue weighted by molar-refractivity contribution is -0.127. The van der Waals surface area contributed by atoms with Crippen molar-refractivity contribution in [3.63, 3.8) is 0 Å². The van der Waals surface area contributed by atoms with Crippen LogP contribution in [-0.2, 0) is 11.2 Å². The predicted octanol–water partition coefficient (Wildman–Crippen LogP) is 2.82. The van der Waals surface area contributed by atoms with Gasteiger partial charge in [0.15, 0.2) is 17.6 Å². The number of para-hydroxylation sites is 2. The summed E-state index contributed by atoms with van der Waals surface area (Å²) in [5.74, 6) is 1.05. The average Bonchev–Trinajstić information content (AvgIpc) is 2.56. The Balaban J connectivity index is 1.82. The van der Waals surface area contributed by atoms with Gasteiger partial charge in [-0.05, 0) is 31.0 Å². The second kappa shape index (κ2) is 8.08. The van der Waals surface area contributed by atoms with Crippen LogP contribution in [0.3, 0.4) is 0 Å². The van der Waals surface area contributed by atoms with Crippen molar-refractivity contribution in [2.45, 2.75) is 19.4 Å². The summed E-state index contributed by atoms with van der Waals surface area (Å²) in [4.78, 5) is 12.1. The van der Waals surface area contributed by atoms with Gasteiger partial charge in [-0.25, -0.2) is 0 Å². The first-order valence-electron chi connectivity index (χ1n) is 7.32. The van der Waals surface area contributed by atoms with Crippen LogP contribution in [0, 0.1) is 0 Å². The molecule has 116 valence electrons. The molecule has 0 bridgehead atoms. The molecule has 0 saturated heterocycles. The van der Waals surface area contributed by atoms with Crippen LogP contribution in [0.15, 0.2) is 54.6 Å². The van der Waals surface area contributed by atoms with E-state index in [0.29, 0.717) is 18.0 Å². The van der Waals surface area contributed by atoms with Gasteiger partial charge in [-0.3, -0.25) is 4.79 Å². The molecule has 0 saturated carbocycles. The van der Waals surface area contributed by atoms with Crippen molar-refractivity contribution in [2.24, 2.45) is 0 Å². The van der Waals surface area contributed by atoms with Gasteiger partial charge in [-0.15, -0.1) is 0 Å². The van der Waals surface area contributed by atoms with Crippen LogP contribution >= 0.6 is 0 Å². The lowest BCUT2D eigenvalue weighted by Gasteiger charge is -2.16. The molecular weight excluding hydrogens is 278 g/mol. The Morgan fingerprint density at radius 3 is 2.36 bits per heavy atom. The summed E-state index contributed by atoms with van der Waals surface area (Å²) in [5.41, 5.74) is 1.20. The maximum atomic E-state index is 12.1. The van der Waals surface area contributed by atoms with Crippen LogP contribution in [0.5, 0.6) is 11.5 Å². The van der Waals surface area contributed by atoms with Crippen molar-refractivity contribution in [1.29, 1.82) is 0 Å². The zero-order chi connectivity index (χ0) is 15.8. The van der Waals surface area contributed by atoms with Gasteiger partial charge >= 0.3 is 0 Å². The molecule has 4 heteroatoms. The lowest BCUT2D eigenvalue weighted by atomic mass is 10.1. The molecule has 1 atom stereocenters. The molecule has 4 nitrogen and oxygen atoms in total. The summed E-state index contributed by atoms with van der Waals surface area (Å²) in [7, 11) is 1.58. The fraction of sp³-hybridized carbons (Fsp3) is 0.278. The number of carbonyl (C=O) groups excluding carboxylic acids is 1. The molecule has 2 rings (SSSR count). The highest BCUT2D eigenvalue weighted by Crippen LogP contribution is 2.26. The van der Waals surface area contributed by atoms with E-state index in [1.807, 2.05) is 42.5 Å². The number of benzene rings is 2. The molecule has 0 heterocycles. The third kappa shape index (κ3) is 4.52. The molecule has 1 amide bonds. The van der Waals surface area contributed by atoms with Crippen LogP contribution in [0.25, 0.3) is 0 Å². The monoisotopic (exact) mass is 299 g/mol. The molecule has 0 aliphatic rings. The largest absolute Gasteiger partial charge is 0.493 e. The zero-order valence-corrected chi connectivity index (χ0v) is 12.9. The van der Waals surface area contributed by atoms with Gasteiger partial charge in [0.1, 0.15) is 0 Å². The van der Waals surface area contributed by atoms with Crippen LogP contribution in [0.1, 0.15) is 12.5 Å². The number of nitrogens with one attached hydrogen (secondary N) is 1. The van der Waals surface area contributed by atoms with Crippen LogP contribution < -0.4 is 14.8 Å². The molecule has 0 aromatic heterocycles. The number of hydrogen-bond acceptors (Lipinski definition) is 3. The van der Waals surface area contributed by atoms with Crippen molar-refractivity contribution < 1.29 is 14.3 Å². The minimum atomic E-state index is -0.577. The number of methoxy groups -OCH3 is 1. The summed E-state index contributed by atoms with van der Waals surface area (Å²) < 4.78 is 10.9. The maximum Gasteiger partial charge on any atom is 0.260 e. The van der Waals surface area contributed by atoms with E-state index in [-0.39, 0.29) is 5.91 Å². The highest BCUT2D eigenvalue weighted by Gasteiger charge is 2.15. The Bertz CT molecular complexity index is 598. The first-order chi connectivity index (χ1) is 10.7. The van der Waals surface area contributed by atoms with E-state index in [1.54, 1.807) is 26.2 Å². The minimum Gasteiger partial charge on any atom is -0.493 e. The van der Waals surface area contributed by atoms with Crippen molar-refractivity contribution in [3.8, 4) is 11.5 Å². The van der Waals surface area contributed by atoms with Crippen LogP contribution in [-0.4, -0.2) is 25.7 Å². The van der Waals surface area contributed by atoms with E-state index >= 15 is 0 Å². The molecule has 0 radical (unpaired) electrons. The molecule has 2 aromatic carbocycles. The van der Waals surface area contributed by atoms with E-state index in [9.17, 15) is 4.79 Å². The SMILES string of the molecule is COc1ccccc1OC(C)C(=O)NCCc1ccccc1. The molecule has 0 spiro atoms. The van der Waals surface area contributed by atoms with E-state index in [0.717, 1.165) is 6.42 Å². The summed E-state index contributed by atoms with van der Waals surface area (Å²) in [6.45, 7) is 2.31. The zero-order valence-electron chi connectivity index (χ0n) is 12.9. The minimum absolute atomic E-state index is 0.137. The standard InChI is InChI=1S/C18H21NO3/c1-14(22-17-11-7-6-10-16(17)21-2)18(20)19-13-12-15-8-4-3-5-9-15/h3-11,14H,12-13H2,1-2H3,(H,19,20). The van der Waals surface area contributed by atoms with Crippen LogP contribution in [0.4, 0.5) is 0 Å². The predicted molar refractivity (Wildman–Crippen MR) is 86.2 cm³/mol. The van der Waals surface area contributed by atoms with E-state index in [2.05, 4.69) is 5.32 Å². The highest BCUT2D eigenvalue weighted by atomic mass is 16.5. The highest BCUT2D eigenvalue weighted by molar-refractivity contribution is 5.80. The van der Waals surface area contributed by atoms with E-state index in [4.69, 9.17) is 9.47 Å². The number of carbonyl (C=O) groups is 1. The second-order valence-corrected chi connectivity index (χ2v) is 4.94. The third-order valence-electron chi connectivity index (χ3n) is 3.30. The van der Waals surface area contributed by atoms with Gasteiger partial charge in [0.25, 0.3) is 5.91 Å². The molecule has 2 aromatic rings. The van der Waals surface area contributed by atoms with Gasteiger partial charge in [0, 0.05) is 6.54 Å². The maximum absolute atomic E-state index is 12.1. The smallest absolute Gasteiger partial charge is 0.260 e. The van der Waals surface area contributed by atoms with E-state index in [1.165, 1.54) is 5.56 Å². The summed E-state index contributed by atoms with van der Waals surface area (Å²) in [6, 6.07) is 17.3. The molecule has 22 heavy (non-hydrogen) atoms. The van der Waals surface area contributed by atoms with Gasteiger partial charge in [-0.1, -0.05) is 42.5 Å². The number of amides is 1. The summed E-state index contributed by atoms with van der Waals surface area (Å²) >= 11 is 0. The summed E-state index contributed by atoms with van der Waals surface area (Å²) in [5, 5.41) is 2.88. The topological polar surface area (TPSA) is 47.6 Å². The molecule has 0 fully saturated rings. The molecule has 0 aliphatic carbocycles. The van der Waals surface area contributed by atoms with Crippen molar-refractivity contribution in [1.82, 2.24) is 5.32 Å². The van der Waals surface area contributed by atoms with Crippen molar-refractivity contribution in [2.75, 3.05) is 13.7 Å². The quantitative estimate of drug-likeness (QED) is 0.855. The number of ether oxygens (including phenoxy) is 2.